The van der Waals surface area contributed by atoms with Gasteiger partial charge in [-0.05, 0) is 42.0 Å². The summed E-state index contributed by atoms with van der Waals surface area (Å²) in [5.74, 6) is 0.533. The highest BCUT2D eigenvalue weighted by molar-refractivity contribution is 5.67. The quantitative estimate of drug-likeness (QED) is 0.666. The first-order chi connectivity index (χ1) is 9.20. The minimum absolute atomic E-state index is 0.0195. The lowest BCUT2D eigenvalue weighted by molar-refractivity contribution is -0.384. The molecule has 0 amide bonds. The fourth-order valence-electron chi connectivity index (χ4n) is 2.62. The Kier molecular flexibility index (Phi) is 4.68. The van der Waals surface area contributed by atoms with Crippen molar-refractivity contribution in [1.82, 2.24) is 0 Å². The summed E-state index contributed by atoms with van der Waals surface area (Å²) in [6.07, 6.45) is 8.30. The predicted molar refractivity (Wildman–Crippen MR) is 74.7 cm³/mol. The van der Waals surface area contributed by atoms with Gasteiger partial charge in [-0.3, -0.25) is 10.1 Å². The molecule has 102 valence electrons. The van der Waals surface area contributed by atoms with Gasteiger partial charge in [0.25, 0.3) is 5.69 Å². The lowest BCUT2D eigenvalue weighted by Gasteiger charge is -2.19. The number of nitro groups is 1. The predicted octanol–water partition coefficient (Wildman–Crippen LogP) is 3.55. The molecule has 0 unspecified atom stereocenters. The number of allylic oxidation sites excluding steroid dienone is 1. The van der Waals surface area contributed by atoms with Crippen molar-refractivity contribution < 1.29 is 10.0 Å². The fraction of sp³-hybridized carbons (Fsp3) is 0.467. The van der Waals surface area contributed by atoms with Crippen molar-refractivity contribution in [3.63, 3.8) is 0 Å². The van der Waals surface area contributed by atoms with Crippen LogP contribution in [-0.2, 0) is 0 Å². The molecule has 19 heavy (non-hydrogen) atoms. The Hall–Kier alpha value is -1.68. The number of nitro benzene ring substituents is 1. The van der Waals surface area contributed by atoms with Gasteiger partial charge in [0, 0.05) is 12.1 Å². The van der Waals surface area contributed by atoms with E-state index in [1.165, 1.54) is 44.2 Å². The second kappa shape index (κ2) is 6.48. The highest BCUT2D eigenvalue weighted by Crippen LogP contribution is 2.28. The van der Waals surface area contributed by atoms with Crippen LogP contribution in [0.2, 0.25) is 0 Å². The number of hydrogen-bond acceptors (Lipinski definition) is 3. The summed E-state index contributed by atoms with van der Waals surface area (Å²) in [6.45, 7) is -0.0195. The first-order valence-electron chi connectivity index (χ1n) is 6.77. The highest BCUT2D eigenvalue weighted by atomic mass is 16.6. The number of aliphatic hydroxyl groups excluding tert-OH is 1. The van der Waals surface area contributed by atoms with E-state index in [2.05, 4.69) is 6.08 Å². The molecule has 0 radical (unpaired) electrons. The summed E-state index contributed by atoms with van der Waals surface area (Å²) in [5.41, 5.74) is 1.83. The fourth-order valence-corrected chi connectivity index (χ4v) is 2.62. The van der Waals surface area contributed by atoms with Crippen LogP contribution in [0, 0.1) is 16.0 Å². The molecule has 0 heterocycles. The Labute approximate surface area is 112 Å². The third kappa shape index (κ3) is 3.64. The number of hydrogen-bond donors (Lipinski definition) is 1. The zero-order valence-electron chi connectivity index (χ0n) is 10.9. The molecule has 1 N–H and O–H groups in total. The third-order valence-corrected chi connectivity index (χ3v) is 3.71. The molecule has 4 nitrogen and oxygen atoms in total. The van der Waals surface area contributed by atoms with Gasteiger partial charge in [0.05, 0.1) is 11.5 Å². The van der Waals surface area contributed by atoms with E-state index in [0.29, 0.717) is 5.92 Å². The van der Waals surface area contributed by atoms with Gasteiger partial charge in [-0.25, -0.2) is 0 Å². The van der Waals surface area contributed by atoms with Gasteiger partial charge in [0.15, 0.2) is 0 Å². The molecule has 1 saturated carbocycles. The number of non-ortho nitro benzene ring substituents is 1. The number of nitrogens with zero attached hydrogens (tertiary/aromatic N) is 1. The Morgan fingerprint density at radius 3 is 2.42 bits per heavy atom. The van der Waals surface area contributed by atoms with E-state index in [0.717, 1.165) is 11.1 Å². The molecule has 1 aliphatic carbocycles. The van der Waals surface area contributed by atoms with E-state index in [4.69, 9.17) is 0 Å². The summed E-state index contributed by atoms with van der Waals surface area (Å²) in [6, 6.07) is 6.39. The molecule has 0 saturated heterocycles. The number of rotatable bonds is 4. The molecular formula is C15H19NO3. The van der Waals surface area contributed by atoms with Crippen LogP contribution < -0.4 is 0 Å². The Morgan fingerprint density at radius 1 is 1.26 bits per heavy atom. The average molecular weight is 261 g/mol. The molecule has 2 rings (SSSR count). The summed E-state index contributed by atoms with van der Waals surface area (Å²) >= 11 is 0. The molecule has 1 aromatic carbocycles. The van der Waals surface area contributed by atoms with Crippen molar-refractivity contribution in [3.8, 4) is 0 Å². The van der Waals surface area contributed by atoms with Crippen molar-refractivity contribution in [2.24, 2.45) is 5.92 Å². The SMILES string of the molecule is O=[N+]([O-])c1ccc(/C(=C\C2CCCCC2)CO)cc1. The number of aliphatic hydroxyl groups is 1. The van der Waals surface area contributed by atoms with E-state index in [-0.39, 0.29) is 12.3 Å². The van der Waals surface area contributed by atoms with Crippen LogP contribution in [0.3, 0.4) is 0 Å². The van der Waals surface area contributed by atoms with Gasteiger partial charge in [0.2, 0.25) is 0 Å². The third-order valence-electron chi connectivity index (χ3n) is 3.71. The maximum atomic E-state index is 10.6. The minimum Gasteiger partial charge on any atom is -0.392 e. The van der Waals surface area contributed by atoms with Crippen molar-refractivity contribution in [2.45, 2.75) is 32.1 Å². The van der Waals surface area contributed by atoms with Crippen LogP contribution in [0.5, 0.6) is 0 Å². The zero-order chi connectivity index (χ0) is 13.7. The molecule has 1 aliphatic rings. The van der Waals surface area contributed by atoms with Crippen molar-refractivity contribution in [3.05, 3.63) is 46.0 Å². The summed E-state index contributed by atoms with van der Waals surface area (Å²) < 4.78 is 0. The largest absolute Gasteiger partial charge is 0.392 e. The molecule has 0 spiro atoms. The van der Waals surface area contributed by atoms with Gasteiger partial charge in [-0.15, -0.1) is 0 Å². The topological polar surface area (TPSA) is 63.4 Å². The lowest BCUT2D eigenvalue weighted by Crippen LogP contribution is -2.05. The van der Waals surface area contributed by atoms with Gasteiger partial charge < -0.3 is 5.11 Å². The van der Waals surface area contributed by atoms with E-state index in [1.54, 1.807) is 12.1 Å². The summed E-state index contributed by atoms with van der Waals surface area (Å²) in [5, 5.41) is 20.1. The molecule has 0 aliphatic heterocycles. The standard InChI is InChI=1S/C15H19NO3/c17-11-14(10-12-4-2-1-3-5-12)13-6-8-15(9-7-13)16(18)19/h6-10,12,17H,1-5,11H2/b14-10-. The highest BCUT2D eigenvalue weighted by Gasteiger charge is 2.13. The maximum absolute atomic E-state index is 10.6. The van der Waals surface area contributed by atoms with Crippen LogP contribution >= 0.6 is 0 Å². The van der Waals surface area contributed by atoms with Gasteiger partial charge in [-0.1, -0.05) is 25.3 Å². The van der Waals surface area contributed by atoms with Crippen molar-refractivity contribution in [2.75, 3.05) is 6.61 Å². The Morgan fingerprint density at radius 2 is 1.89 bits per heavy atom. The van der Waals surface area contributed by atoms with Crippen LogP contribution in [0.15, 0.2) is 30.3 Å². The van der Waals surface area contributed by atoms with Crippen LogP contribution in [0.4, 0.5) is 5.69 Å². The van der Waals surface area contributed by atoms with Crippen LogP contribution in [0.25, 0.3) is 5.57 Å². The molecule has 0 atom stereocenters. The van der Waals surface area contributed by atoms with Crippen LogP contribution in [-0.4, -0.2) is 16.6 Å². The average Bonchev–Trinajstić information content (AvgIpc) is 2.46. The van der Waals surface area contributed by atoms with E-state index < -0.39 is 4.92 Å². The van der Waals surface area contributed by atoms with Gasteiger partial charge >= 0.3 is 0 Å². The molecule has 1 fully saturated rings. The van der Waals surface area contributed by atoms with E-state index in [1.807, 2.05) is 0 Å². The zero-order valence-corrected chi connectivity index (χ0v) is 10.9. The second-order valence-electron chi connectivity index (χ2n) is 5.05. The Balaban J connectivity index is 2.16. The lowest BCUT2D eigenvalue weighted by atomic mass is 9.87. The molecule has 4 heteroatoms. The Bertz CT molecular complexity index is 459. The monoisotopic (exact) mass is 261 g/mol. The summed E-state index contributed by atoms with van der Waals surface area (Å²) in [7, 11) is 0. The van der Waals surface area contributed by atoms with Crippen molar-refractivity contribution in [1.29, 1.82) is 0 Å². The van der Waals surface area contributed by atoms with E-state index in [9.17, 15) is 15.2 Å². The number of benzene rings is 1. The second-order valence-corrected chi connectivity index (χ2v) is 5.05. The summed E-state index contributed by atoms with van der Waals surface area (Å²) in [4.78, 5) is 10.2. The normalized spacial score (nSPS) is 17.4. The van der Waals surface area contributed by atoms with Crippen molar-refractivity contribution >= 4 is 11.3 Å². The molecule has 0 bridgehead atoms. The van der Waals surface area contributed by atoms with Crippen LogP contribution in [0.1, 0.15) is 37.7 Å². The maximum Gasteiger partial charge on any atom is 0.269 e. The van der Waals surface area contributed by atoms with E-state index >= 15 is 0 Å². The minimum atomic E-state index is -0.409. The van der Waals surface area contributed by atoms with Gasteiger partial charge in [0.1, 0.15) is 0 Å². The molecule has 1 aromatic rings. The van der Waals surface area contributed by atoms with Gasteiger partial charge in [-0.2, -0.15) is 0 Å². The first-order valence-corrected chi connectivity index (χ1v) is 6.77. The molecule has 0 aromatic heterocycles. The first kappa shape index (κ1) is 13.7. The smallest absolute Gasteiger partial charge is 0.269 e. The molecular weight excluding hydrogens is 242 g/mol.